The maximum atomic E-state index is 11.2. The van der Waals surface area contributed by atoms with E-state index in [1.54, 1.807) is 24.4 Å². The largest absolute Gasteiger partial charge is 0.468 e. The maximum Gasteiger partial charge on any atom is 0.325 e. The molecule has 0 saturated heterocycles. The minimum Gasteiger partial charge on any atom is -0.468 e. The highest BCUT2D eigenvalue weighted by molar-refractivity contribution is 7.49. The van der Waals surface area contributed by atoms with Crippen LogP contribution in [0.4, 0.5) is 11.4 Å². The lowest BCUT2D eigenvalue weighted by atomic mass is 9.08. The van der Waals surface area contributed by atoms with E-state index >= 15 is 0 Å². The number of methoxy groups -OCH3 is 1. The van der Waals surface area contributed by atoms with Gasteiger partial charge >= 0.3 is 5.97 Å². The van der Waals surface area contributed by atoms with Crippen molar-refractivity contribution in [3.8, 4) is 0 Å². The Morgan fingerprint density at radius 2 is 1.65 bits per heavy atom. The summed E-state index contributed by atoms with van der Waals surface area (Å²) in [6, 6.07) is 14.5. The van der Waals surface area contributed by atoms with E-state index in [9.17, 15) is 19.7 Å². The van der Waals surface area contributed by atoms with Gasteiger partial charge in [0.15, 0.2) is 0 Å². The lowest BCUT2D eigenvalue weighted by Crippen LogP contribution is -2.22. The number of amides is 1. The Bertz CT molecular complexity index is 1370. The van der Waals surface area contributed by atoms with Crippen LogP contribution in [0.3, 0.4) is 0 Å². The molecule has 0 fully saturated rings. The molecule has 0 unspecified atom stereocenters. The van der Waals surface area contributed by atoms with Gasteiger partial charge in [0.05, 0.1) is 23.2 Å². The number of carbonyl (C=O) groups is 2. The van der Waals surface area contributed by atoms with E-state index < -0.39 is 17.3 Å². The second-order valence-corrected chi connectivity index (χ2v) is 7.50. The number of carbonyl (C=O) groups excluding carboxylic acids is 2. The van der Waals surface area contributed by atoms with Gasteiger partial charge in [0.2, 0.25) is 5.91 Å². The third-order valence-corrected chi connectivity index (χ3v) is 4.87. The first-order valence-corrected chi connectivity index (χ1v) is 10.8. The Labute approximate surface area is 222 Å². The molecule has 0 atom stereocenters. The number of non-ortho nitro benzene ring substituents is 1. The zero-order chi connectivity index (χ0) is 27.5. The first kappa shape index (κ1) is 29.5. The number of nitrogens with one attached hydrogen (secondary N) is 1. The third kappa shape index (κ3) is 8.16. The molecule has 2 aromatic carbocycles. The molecule has 2 aromatic heterocycles. The summed E-state index contributed by atoms with van der Waals surface area (Å²) in [7, 11) is 25.3. The molecular weight excluding hydrogens is 464 g/mol. The summed E-state index contributed by atoms with van der Waals surface area (Å²) in [6.07, 6.45) is 2.92. The van der Waals surface area contributed by atoms with E-state index in [4.69, 9.17) is 0 Å². The SMILES string of the molecule is COC(=O)Cn1ccc2cccc([N+](=O)[O-])c21.O=C1Cn2ccc3cccc(c32)N1.[B]B([B])[B].[B][B][B]. The third-order valence-electron chi connectivity index (χ3n) is 4.87. The first-order chi connectivity index (χ1) is 17.6. The molecule has 5 rings (SSSR count). The predicted octanol–water partition coefficient (Wildman–Crippen LogP) is 0.650. The van der Waals surface area contributed by atoms with Crippen LogP contribution in [0.25, 0.3) is 21.8 Å². The molecule has 11 radical (unpaired) electrons. The van der Waals surface area contributed by atoms with E-state index in [-0.39, 0.29) is 18.1 Å². The summed E-state index contributed by atoms with van der Waals surface area (Å²) >= 11 is 0. The Balaban J connectivity index is 0.000000212. The van der Waals surface area contributed by atoms with Crippen molar-refractivity contribution in [2.24, 2.45) is 0 Å². The molecule has 16 heteroatoms. The van der Waals surface area contributed by atoms with Crippen LogP contribution in [0.15, 0.2) is 60.9 Å². The highest BCUT2D eigenvalue weighted by Gasteiger charge is 2.17. The molecule has 173 valence electrons. The van der Waals surface area contributed by atoms with Crippen LogP contribution in [-0.2, 0) is 27.4 Å². The number of aromatic nitrogens is 2. The van der Waals surface area contributed by atoms with Gasteiger partial charge in [-0.2, -0.15) is 0 Å². The van der Waals surface area contributed by atoms with Crippen molar-refractivity contribution in [3.63, 3.8) is 0 Å². The fraction of sp³-hybridized carbons (Fsp3) is 0.143. The molecule has 9 nitrogen and oxygen atoms in total. The second kappa shape index (κ2) is 14.2. The summed E-state index contributed by atoms with van der Waals surface area (Å²) in [5, 5.41) is 15.7. The van der Waals surface area contributed by atoms with Gasteiger partial charge < -0.3 is 19.2 Å². The lowest BCUT2D eigenvalue weighted by Gasteiger charge is -2.15. The number of nitrogens with zero attached hydrogens (tertiary/aromatic N) is 3. The maximum absolute atomic E-state index is 11.2. The minimum absolute atomic E-state index is 0.0172. The van der Waals surface area contributed by atoms with Gasteiger partial charge in [-0.1, -0.05) is 24.3 Å². The number of esters is 1. The molecule has 0 saturated carbocycles. The molecule has 3 heterocycles. The zero-order valence-corrected chi connectivity index (χ0v) is 20.1. The summed E-state index contributed by atoms with van der Waals surface area (Å²) in [6.45, 7) is 0.394. The number of para-hydroxylation sites is 2. The fourth-order valence-electron chi connectivity index (χ4n) is 3.56. The van der Waals surface area contributed by atoms with Crippen molar-refractivity contribution in [1.29, 1.82) is 0 Å². The lowest BCUT2D eigenvalue weighted by molar-refractivity contribution is -0.383. The van der Waals surface area contributed by atoms with Crippen LogP contribution in [0.1, 0.15) is 0 Å². The monoisotopic (exact) mass is 483 g/mol. The molecule has 0 aliphatic carbocycles. The Morgan fingerprint density at radius 1 is 1.08 bits per heavy atom. The normalized spacial score (nSPS) is 10.9. The number of nitro benzene ring substituents is 1. The van der Waals surface area contributed by atoms with Crippen LogP contribution < -0.4 is 5.32 Å². The average Bonchev–Trinajstić information content (AvgIpc) is 3.44. The number of ether oxygens (including phenoxy) is 1. The number of rotatable bonds is 3. The Kier molecular flexibility index (Phi) is 11.3. The van der Waals surface area contributed by atoms with Gasteiger partial charge in [-0.15, -0.1) is 0 Å². The van der Waals surface area contributed by atoms with Crippen molar-refractivity contribution in [3.05, 3.63) is 71.0 Å². The van der Waals surface area contributed by atoms with Crippen LogP contribution in [0.2, 0.25) is 0 Å². The smallest absolute Gasteiger partial charge is 0.325 e. The zero-order valence-electron chi connectivity index (χ0n) is 20.1. The van der Waals surface area contributed by atoms with Gasteiger partial charge in [0.25, 0.3) is 5.69 Å². The van der Waals surface area contributed by atoms with E-state index in [1.165, 1.54) is 23.1 Å². The molecule has 1 aliphatic heterocycles. The Hall–Kier alpha value is -3.69. The standard InChI is InChI=1S/C11H10N2O4.C10H8N2O.B4.B3/c1-17-10(14)7-12-6-5-8-3-2-4-9(11(8)12)13(15)16;13-9-6-12-5-4-7-2-1-3-8(11-9)10(7)12;1-4(2)3;1-3-2/h2-6H,7H2,1H3;1-5H,6H2,(H,11,13);;. The quantitative estimate of drug-likeness (QED) is 0.200. The molecule has 37 heavy (non-hydrogen) atoms. The molecule has 0 bridgehead atoms. The van der Waals surface area contributed by atoms with Crippen LogP contribution in [0.5, 0.6) is 0 Å². The predicted molar refractivity (Wildman–Crippen MR) is 151 cm³/mol. The second-order valence-electron chi connectivity index (χ2n) is 7.50. The number of hydrogen-bond donors (Lipinski definition) is 1. The average molecular weight is 482 g/mol. The molecule has 4 aromatic rings. The van der Waals surface area contributed by atoms with Gasteiger partial charge in [0.1, 0.15) is 18.6 Å². The number of benzene rings is 2. The number of hydrogen-bond acceptors (Lipinski definition) is 5. The van der Waals surface area contributed by atoms with Crippen molar-refractivity contribution >= 4 is 97.2 Å². The van der Waals surface area contributed by atoms with Gasteiger partial charge in [0, 0.05) is 81.4 Å². The number of nitro groups is 1. The molecule has 1 N–H and O–H groups in total. The van der Waals surface area contributed by atoms with Crippen LogP contribution in [-0.4, -0.2) is 85.2 Å². The summed E-state index contributed by atoms with van der Waals surface area (Å²) < 4.78 is 8.03. The fourth-order valence-corrected chi connectivity index (χ4v) is 3.56. The number of anilines is 1. The van der Waals surface area contributed by atoms with E-state index in [0.29, 0.717) is 12.1 Å². The van der Waals surface area contributed by atoms with E-state index in [2.05, 4.69) is 48.7 Å². The van der Waals surface area contributed by atoms with Gasteiger partial charge in [-0.3, -0.25) is 19.7 Å². The topological polar surface area (TPSA) is 108 Å². The molecule has 0 spiro atoms. The van der Waals surface area contributed by atoms with Crippen molar-refractivity contribution in [2.45, 2.75) is 13.1 Å². The summed E-state index contributed by atoms with van der Waals surface area (Å²) in [5.41, 5.74) is 2.46. The summed E-state index contributed by atoms with van der Waals surface area (Å²) in [4.78, 5) is 32.9. The highest BCUT2D eigenvalue weighted by atomic mass is 16.6. The van der Waals surface area contributed by atoms with Crippen molar-refractivity contribution in [1.82, 2.24) is 9.13 Å². The molecular formula is C21H18B7N4O5. The Morgan fingerprint density at radius 3 is 2.24 bits per heavy atom. The van der Waals surface area contributed by atoms with Crippen LogP contribution in [0, 0.1) is 10.1 Å². The molecule has 1 amide bonds. The van der Waals surface area contributed by atoms with Gasteiger partial charge in [-0.25, -0.2) is 0 Å². The highest BCUT2D eigenvalue weighted by Crippen LogP contribution is 2.27. The van der Waals surface area contributed by atoms with Gasteiger partial charge in [-0.05, 0) is 18.2 Å². The van der Waals surface area contributed by atoms with Crippen molar-refractivity contribution in [2.75, 3.05) is 12.4 Å². The van der Waals surface area contributed by atoms with Crippen molar-refractivity contribution < 1.29 is 19.2 Å². The molecule has 1 aliphatic rings. The van der Waals surface area contributed by atoms with E-state index in [0.717, 1.165) is 23.7 Å². The summed E-state index contributed by atoms with van der Waals surface area (Å²) in [5.74, 6) is -0.392. The first-order valence-electron chi connectivity index (χ1n) is 10.8. The number of fused-ring (bicyclic) bond motifs is 1. The minimum atomic E-state index is -0.667. The van der Waals surface area contributed by atoms with Crippen LogP contribution >= 0.6 is 0 Å². The van der Waals surface area contributed by atoms with E-state index in [1.807, 2.05) is 35.0 Å².